The largest absolute Gasteiger partial charge is 0.480 e. The number of carboxylic acids is 1. The van der Waals surface area contributed by atoms with Gasteiger partial charge in [-0.1, -0.05) is 0 Å². The van der Waals surface area contributed by atoms with Crippen molar-refractivity contribution in [2.24, 2.45) is 0 Å². The summed E-state index contributed by atoms with van der Waals surface area (Å²) in [6.45, 7) is -0.234. The minimum Gasteiger partial charge on any atom is -0.480 e. The average Bonchev–Trinajstić information content (AvgIpc) is 1.85. The first-order valence-corrected chi connectivity index (χ1v) is 2.89. The fourth-order valence-electron chi connectivity index (χ4n) is 0.390. The van der Waals surface area contributed by atoms with Gasteiger partial charge in [-0.15, -0.1) is 0 Å². The van der Waals surface area contributed by atoms with Crippen LogP contribution in [0.25, 0.3) is 0 Å². The highest BCUT2D eigenvalue weighted by molar-refractivity contribution is 5.68. The van der Waals surface area contributed by atoms with Crippen LogP contribution in [0.1, 0.15) is 0 Å². The van der Waals surface area contributed by atoms with Crippen molar-refractivity contribution < 1.29 is 24.5 Å². The van der Waals surface area contributed by atoms with E-state index in [0.29, 0.717) is 0 Å². The lowest BCUT2D eigenvalue weighted by molar-refractivity contribution is -0.142. The molecule has 0 aromatic rings. The Balaban J connectivity index is 3.03. The average molecular weight is 163 g/mol. The van der Waals surface area contributed by atoms with E-state index in [2.05, 4.69) is 4.74 Å². The SMILES string of the molecule is O=C(O)COCCNC(=O)O. The number of aliphatic carboxylic acids is 1. The van der Waals surface area contributed by atoms with E-state index in [1.54, 1.807) is 0 Å². The molecule has 0 radical (unpaired) electrons. The molecular formula is C5H9NO5. The van der Waals surface area contributed by atoms with Gasteiger partial charge >= 0.3 is 12.1 Å². The lowest BCUT2D eigenvalue weighted by Gasteiger charge is -1.99. The minimum atomic E-state index is -1.15. The van der Waals surface area contributed by atoms with E-state index in [0.717, 1.165) is 0 Å². The van der Waals surface area contributed by atoms with Crippen LogP contribution in [0, 0.1) is 0 Å². The second-order valence-corrected chi connectivity index (χ2v) is 1.68. The van der Waals surface area contributed by atoms with Crippen LogP contribution in [0.4, 0.5) is 4.79 Å². The molecule has 0 spiro atoms. The van der Waals surface area contributed by atoms with Gasteiger partial charge < -0.3 is 20.3 Å². The normalized spacial score (nSPS) is 9.09. The fourth-order valence-corrected chi connectivity index (χ4v) is 0.390. The van der Waals surface area contributed by atoms with Gasteiger partial charge in [0, 0.05) is 6.54 Å². The molecule has 0 aliphatic carbocycles. The van der Waals surface area contributed by atoms with Gasteiger partial charge in [0.1, 0.15) is 6.61 Å². The Bertz CT molecular complexity index is 130. The van der Waals surface area contributed by atoms with E-state index >= 15 is 0 Å². The first-order valence-electron chi connectivity index (χ1n) is 2.89. The third kappa shape index (κ3) is 8.70. The molecule has 0 aliphatic heterocycles. The van der Waals surface area contributed by atoms with Crippen molar-refractivity contribution in [3.8, 4) is 0 Å². The molecule has 0 aliphatic rings. The predicted molar refractivity (Wildman–Crippen MR) is 34.5 cm³/mol. The molecule has 3 N–H and O–H groups in total. The van der Waals surface area contributed by atoms with Crippen LogP contribution in [-0.4, -0.2) is 42.0 Å². The number of rotatable bonds is 5. The van der Waals surface area contributed by atoms with Crippen molar-refractivity contribution >= 4 is 12.1 Å². The van der Waals surface area contributed by atoms with Gasteiger partial charge in [-0.25, -0.2) is 9.59 Å². The summed E-state index contributed by atoms with van der Waals surface area (Å²) >= 11 is 0. The van der Waals surface area contributed by atoms with Crippen molar-refractivity contribution in [2.45, 2.75) is 0 Å². The molecule has 0 rings (SSSR count). The summed E-state index contributed by atoms with van der Waals surface area (Å²) in [5, 5.41) is 18.1. The number of hydrogen-bond acceptors (Lipinski definition) is 3. The molecule has 6 nitrogen and oxygen atoms in total. The number of carboxylic acid groups (broad SMARTS) is 2. The summed E-state index contributed by atoms with van der Waals surface area (Å²) in [6.07, 6.45) is -1.15. The highest BCUT2D eigenvalue weighted by Crippen LogP contribution is 1.72. The molecule has 0 atom stereocenters. The quantitative estimate of drug-likeness (QED) is 0.468. The number of nitrogens with one attached hydrogen (secondary N) is 1. The third-order valence-corrected chi connectivity index (χ3v) is 0.748. The Morgan fingerprint density at radius 1 is 1.36 bits per heavy atom. The summed E-state index contributed by atoms with van der Waals surface area (Å²) < 4.78 is 4.52. The lowest BCUT2D eigenvalue weighted by atomic mass is 10.6. The number of hydrogen-bond donors (Lipinski definition) is 3. The van der Waals surface area contributed by atoms with E-state index in [4.69, 9.17) is 10.2 Å². The van der Waals surface area contributed by atoms with Crippen molar-refractivity contribution in [2.75, 3.05) is 19.8 Å². The molecule has 0 saturated heterocycles. The molecule has 0 unspecified atom stereocenters. The van der Waals surface area contributed by atoms with Gasteiger partial charge in [-0.2, -0.15) is 0 Å². The Labute approximate surface area is 62.8 Å². The molecule has 0 bridgehead atoms. The Kier molecular flexibility index (Phi) is 4.83. The van der Waals surface area contributed by atoms with Crippen molar-refractivity contribution in [3.05, 3.63) is 0 Å². The number of carbonyl (C=O) groups is 2. The molecule has 0 saturated carbocycles. The molecule has 0 heterocycles. The second-order valence-electron chi connectivity index (χ2n) is 1.68. The molecule has 64 valence electrons. The first-order chi connectivity index (χ1) is 5.13. The fraction of sp³-hybridized carbons (Fsp3) is 0.600. The zero-order chi connectivity index (χ0) is 8.69. The zero-order valence-corrected chi connectivity index (χ0v) is 5.74. The summed E-state index contributed by atoms with van der Waals surface area (Å²) in [7, 11) is 0. The van der Waals surface area contributed by atoms with Gasteiger partial charge in [0.25, 0.3) is 0 Å². The van der Waals surface area contributed by atoms with Gasteiger partial charge in [-0.3, -0.25) is 0 Å². The monoisotopic (exact) mass is 163 g/mol. The molecule has 11 heavy (non-hydrogen) atoms. The van der Waals surface area contributed by atoms with E-state index in [9.17, 15) is 9.59 Å². The standard InChI is InChI=1S/C5H9NO5/c7-4(8)3-11-2-1-6-5(9)10/h6H,1-3H2,(H,7,8)(H,9,10). The topological polar surface area (TPSA) is 95.9 Å². The maximum absolute atomic E-state index is 9.83. The van der Waals surface area contributed by atoms with Crippen LogP contribution in [0.15, 0.2) is 0 Å². The van der Waals surface area contributed by atoms with Crippen LogP contribution in [0.3, 0.4) is 0 Å². The summed E-state index contributed by atoms with van der Waals surface area (Å²) in [5.74, 6) is -1.07. The van der Waals surface area contributed by atoms with Gasteiger partial charge in [0.05, 0.1) is 6.61 Å². The molecule has 0 fully saturated rings. The summed E-state index contributed by atoms with van der Waals surface area (Å²) in [4.78, 5) is 19.6. The van der Waals surface area contributed by atoms with E-state index in [1.807, 2.05) is 5.32 Å². The number of ether oxygens (including phenoxy) is 1. The van der Waals surface area contributed by atoms with E-state index < -0.39 is 18.7 Å². The Morgan fingerprint density at radius 3 is 2.45 bits per heavy atom. The second kappa shape index (κ2) is 5.48. The summed E-state index contributed by atoms with van der Waals surface area (Å²) in [6, 6.07) is 0. The molecule has 0 aromatic carbocycles. The van der Waals surface area contributed by atoms with Gasteiger partial charge in [0.15, 0.2) is 0 Å². The van der Waals surface area contributed by atoms with Gasteiger partial charge in [-0.05, 0) is 0 Å². The smallest absolute Gasteiger partial charge is 0.404 e. The maximum Gasteiger partial charge on any atom is 0.404 e. The highest BCUT2D eigenvalue weighted by Gasteiger charge is 1.96. The summed E-state index contributed by atoms with van der Waals surface area (Å²) in [5.41, 5.74) is 0. The van der Waals surface area contributed by atoms with Gasteiger partial charge in [0.2, 0.25) is 0 Å². The third-order valence-electron chi connectivity index (χ3n) is 0.748. The van der Waals surface area contributed by atoms with Crippen LogP contribution in [0.5, 0.6) is 0 Å². The first kappa shape index (κ1) is 9.70. The van der Waals surface area contributed by atoms with E-state index in [-0.39, 0.29) is 13.2 Å². The maximum atomic E-state index is 9.83. The lowest BCUT2D eigenvalue weighted by Crippen LogP contribution is -2.26. The highest BCUT2D eigenvalue weighted by atomic mass is 16.5. The molecule has 6 heteroatoms. The van der Waals surface area contributed by atoms with Crippen LogP contribution >= 0.6 is 0 Å². The Morgan fingerprint density at radius 2 is 2.00 bits per heavy atom. The molecule has 1 amide bonds. The van der Waals surface area contributed by atoms with Crippen molar-refractivity contribution in [1.82, 2.24) is 5.32 Å². The Hall–Kier alpha value is -1.30. The molecule has 0 aromatic heterocycles. The van der Waals surface area contributed by atoms with Crippen LogP contribution in [0.2, 0.25) is 0 Å². The molecular weight excluding hydrogens is 154 g/mol. The zero-order valence-electron chi connectivity index (χ0n) is 5.74. The van der Waals surface area contributed by atoms with Crippen LogP contribution in [-0.2, 0) is 9.53 Å². The van der Waals surface area contributed by atoms with Crippen LogP contribution < -0.4 is 5.32 Å². The van der Waals surface area contributed by atoms with Crippen molar-refractivity contribution in [1.29, 1.82) is 0 Å². The predicted octanol–water partition coefficient (Wildman–Crippen LogP) is -0.645. The van der Waals surface area contributed by atoms with Crippen molar-refractivity contribution in [3.63, 3.8) is 0 Å². The minimum absolute atomic E-state index is 0.0681. The van der Waals surface area contributed by atoms with E-state index in [1.165, 1.54) is 0 Å². The number of amides is 1.